The van der Waals surface area contributed by atoms with Gasteiger partial charge in [0.1, 0.15) is 0 Å². The molecule has 48 heavy (non-hydrogen) atoms. The first-order valence-corrected chi connectivity index (χ1v) is 17.7. The second-order valence-corrected chi connectivity index (χ2v) is 13.8. The van der Waals surface area contributed by atoms with Crippen LogP contribution in [0.15, 0.2) is 36.4 Å². The number of likely N-dealkylation sites (N-methyl/N-ethyl adjacent to an activating group) is 1. The van der Waals surface area contributed by atoms with Crippen molar-refractivity contribution in [3.63, 3.8) is 0 Å². The number of nitrogens with one attached hydrogen (secondary N) is 1. The van der Waals surface area contributed by atoms with E-state index in [2.05, 4.69) is 27.3 Å². The highest BCUT2D eigenvalue weighted by molar-refractivity contribution is 6.33. The van der Waals surface area contributed by atoms with E-state index >= 15 is 0 Å². The summed E-state index contributed by atoms with van der Waals surface area (Å²) in [6.45, 7) is 10.2. The summed E-state index contributed by atoms with van der Waals surface area (Å²) in [4.78, 5) is 48.3. The van der Waals surface area contributed by atoms with Gasteiger partial charge in [0.2, 0.25) is 0 Å². The monoisotopic (exact) mass is 680 g/mol. The molecule has 6 rings (SSSR count). The number of hydrogen-bond donors (Lipinski definition) is 2. The van der Waals surface area contributed by atoms with Crippen LogP contribution < -0.4 is 11.1 Å². The third-order valence-corrected chi connectivity index (χ3v) is 10.6. The second-order valence-electron chi connectivity index (χ2n) is 13.4. The van der Waals surface area contributed by atoms with Crippen molar-refractivity contribution in [2.75, 3.05) is 83.5 Å². The van der Waals surface area contributed by atoms with Gasteiger partial charge in [-0.3, -0.25) is 4.79 Å². The van der Waals surface area contributed by atoms with Gasteiger partial charge in [0.05, 0.1) is 10.7 Å². The van der Waals surface area contributed by atoms with E-state index in [-0.39, 0.29) is 24.4 Å². The molecular formula is C35H49ClN8O4. The Morgan fingerprint density at radius 3 is 2.42 bits per heavy atom. The maximum absolute atomic E-state index is 14.1. The molecule has 4 heterocycles. The molecule has 4 aliphatic heterocycles. The minimum Gasteiger partial charge on any atom is -0.436 e. The molecule has 13 heteroatoms. The summed E-state index contributed by atoms with van der Waals surface area (Å²) in [5.41, 5.74) is 10.4. The fraction of sp³-hybridized carbons (Fsp3) is 0.571. The number of benzene rings is 2. The predicted molar refractivity (Wildman–Crippen MR) is 187 cm³/mol. The van der Waals surface area contributed by atoms with E-state index in [4.69, 9.17) is 22.1 Å². The number of nitrogens with zero attached hydrogens (tertiary/aromatic N) is 6. The molecule has 4 amide bonds. The van der Waals surface area contributed by atoms with Crippen molar-refractivity contribution in [2.24, 2.45) is 0 Å². The van der Waals surface area contributed by atoms with Crippen LogP contribution in [0, 0.1) is 0 Å². The van der Waals surface area contributed by atoms with Crippen LogP contribution in [-0.4, -0.2) is 132 Å². The molecule has 0 spiro atoms. The smallest absolute Gasteiger partial charge is 0.410 e. The zero-order valence-corrected chi connectivity index (χ0v) is 29.0. The van der Waals surface area contributed by atoms with E-state index in [0.29, 0.717) is 62.7 Å². The molecular weight excluding hydrogens is 632 g/mol. The number of fused-ring (bicyclic) bond motifs is 1. The van der Waals surface area contributed by atoms with E-state index in [1.54, 1.807) is 11.0 Å². The molecule has 0 unspecified atom stereocenters. The quantitative estimate of drug-likeness (QED) is 0.425. The summed E-state index contributed by atoms with van der Waals surface area (Å²) in [6, 6.07) is 11.4. The number of anilines is 2. The number of para-hydroxylation sites is 1. The number of piperazine rings is 1. The van der Waals surface area contributed by atoms with Crippen LogP contribution in [0.3, 0.4) is 0 Å². The number of ether oxygens (including phenoxy) is 1. The Morgan fingerprint density at radius 1 is 0.958 bits per heavy atom. The molecule has 0 saturated carbocycles. The van der Waals surface area contributed by atoms with Crippen LogP contribution in [0.2, 0.25) is 5.02 Å². The maximum atomic E-state index is 14.1. The van der Waals surface area contributed by atoms with Gasteiger partial charge in [-0.2, -0.15) is 0 Å². The van der Waals surface area contributed by atoms with Crippen LogP contribution in [0.4, 0.5) is 21.0 Å². The number of nitrogen functional groups attached to an aromatic ring is 1. The molecule has 2 aromatic carbocycles. The highest BCUT2D eigenvalue weighted by atomic mass is 35.5. The number of carbonyl (C=O) groups is 3. The summed E-state index contributed by atoms with van der Waals surface area (Å²) in [5, 5.41) is 8.21. The number of rotatable bonds is 7. The SMILES string of the molecule is CCc1cc(C[C@@H](OC(=O)N2CCC(N3Cc4ccccc4NC3=O)CC2)C(=O)N2CCN(N3CCCN(C)CC3)CC2)cc(Cl)c1N. The topological polar surface area (TPSA) is 118 Å². The van der Waals surface area contributed by atoms with E-state index in [1.165, 1.54) is 0 Å². The summed E-state index contributed by atoms with van der Waals surface area (Å²) >= 11 is 6.48. The van der Waals surface area contributed by atoms with Crippen LogP contribution in [0.5, 0.6) is 0 Å². The lowest BCUT2D eigenvalue weighted by Crippen LogP contribution is -2.57. The molecule has 0 radical (unpaired) electrons. The number of carbonyl (C=O) groups excluding carboxylic acids is 3. The van der Waals surface area contributed by atoms with Crippen LogP contribution in [0.25, 0.3) is 0 Å². The summed E-state index contributed by atoms with van der Waals surface area (Å²) < 4.78 is 6.07. The van der Waals surface area contributed by atoms with E-state index < -0.39 is 12.2 Å². The number of piperidine rings is 1. The lowest BCUT2D eigenvalue weighted by molar-refractivity contribution is -0.146. The van der Waals surface area contributed by atoms with Crippen molar-refractivity contribution in [3.8, 4) is 0 Å². The van der Waals surface area contributed by atoms with Gasteiger partial charge in [-0.05, 0) is 68.1 Å². The Morgan fingerprint density at radius 2 is 1.67 bits per heavy atom. The van der Waals surface area contributed by atoms with Gasteiger partial charge in [-0.25, -0.2) is 19.6 Å². The third kappa shape index (κ3) is 7.83. The number of amides is 4. The first-order valence-electron chi connectivity index (χ1n) is 17.3. The summed E-state index contributed by atoms with van der Waals surface area (Å²) in [6.07, 6.45) is 1.78. The Bertz CT molecular complexity index is 1480. The van der Waals surface area contributed by atoms with Crippen molar-refractivity contribution in [1.29, 1.82) is 0 Å². The maximum Gasteiger partial charge on any atom is 0.410 e. The minimum atomic E-state index is -0.998. The standard InChI is InChI=1S/C35H49ClN8O4/c1-3-26-21-25(22-29(36)32(26)37)23-31(33(45)40-16-19-43(20-17-40)42-12-6-11-39(2)15-18-42)48-35(47)41-13-9-28(10-14-41)44-24-27-7-4-5-8-30(27)38-34(44)46/h4-5,7-8,21-22,28,31H,3,6,9-20,23-24,37H2,1-2H3,(H,38,46)/t31-/m1/s1. The fourth-order valence-corrected chi connectivity index (χ4v) is 7.59. The Hall–Kier alpha value is -3.58. The molecule has 0 bridgehead atoms. The number of aryl methyl sites for hydroxylation is 1. The van der Waals surface area contributed by atoms with E-state index in [9.17, 15) is 14.4 Å². The predicted octanol–water partition coefficient (Wildman–Crippen LogP) is 3.74. The normalized spacial score (nSPS) is 21.0. The molecule has 4 aliphatic rings. The molecule has 1 atom stereocenters. The number of likely N-dealkylation sites (tertiary alicyclic amines) is 1. The lowest BCUT2D eigenvalue weighted by Gasteiger charge is -2.42. The zero-order valence-electron chi connectivity index (χ0n) is 28.2. The van der Waals surface area contributed by atoms with Gasteiger partial charge in [0, 0.05) is 83.6 Å². The van der Waals surface area contributed by atoms with Crippen LogP contribution >= 0.6 is 11.6 Å². The molecule has 3 saturated heterocycles. The van der Waals surface area contributed by atoms with Crippen molar-refractivity contribution in [1.82, 2.24) is 29.6 Å². The van der Waals surface area contributed by atoms with Gasteiger partial charge < -0.3 is 35.4 Å². The average Bonchev–Trinajstić information content (AvgIpc) is 3.33. The van der Waals surface area contributed by atoms with Gasteiger partial charge in [0.25, 0.3) is 5.91 Å². The third-order valence-electron chi connectivity index (χ3n) is 10.3. The largest absolute Gasteiger partial charge is 0.436 e. The van der Waals surface area contributed by atoms with Crippen LogP contribution in [0.1, 0.15) is 42.9 Å². The molecule has 0 aliphatic carbocycles. The van der Waals surface area contributed by atoms with Crippen molar-refractivity contribution < 1.29 is 19.1 Å². The Labute approximate surface area is 288 Å². The van der Waals surface area contributed by atoms with Gasteiger partial charge in [-0.1, -0.05) is 42.8 Å². The highest BCUT2D eigenvalue weighted by Crippen LogP contribution is 2.29. The number of halogens is 1. The first-order chi connectivity index (χ1) is 23.2. The number of urea groups is 1. The number of nitrogens with two attached hydrogens (primary N) is 1. The second kappa shape index (κ2) is 15.3. The van der Waals surface area contributed by atoms with Gasteiger partial charge in [0.15, 0.2) is 6.10 Å². The van der Waals surface area contributed by atoms with Crippen molar-refractivity contribution in [3.05, 3.63) is 58.1 Å². The van der Waals surface area contributed by atoms with E-state index in [1.807, 2.05) is 47.1 Å². The number of hydrazine groups is 1. The number of hydrogen-bond acceptors (Lipinski definition) is 8. The molecule has 12 nitrogen and oxygen atoms in total. The summed E-state index contributed by atoms with van der Waals surface area (Å²) in [5.74, 6) is -0.192. The molecule has 3 N–H and O–H groups in total. The molecule has 260 valence electrons. The Kier molecular flexibility index (Phi) is 10.9. The van der Waals surface area contributed by atoms with Gasteiger partial charge in [-0.15, -0.1) is 0 Å². The lowest BCUT2D eigenvalue weighted by atomic mass is 10.0. The van der Waals surface area contributed by atoms with E-state index in [0.717, 1.165) is 68.1 Å². The van der Waals surface area contributed by atoms with Crippen molar-refractivity contribution in [2.45, 2.75) is 57.7 Å². The van der Waals surface area contributed by atoms with Crippen molar-refractivity contribution >= 4 is 41.0 Å². The molecule has 3 fully saturated rings. The first kappa shape index (κ1) is 34.3. The fourth-order valence-electron chi connectivity index (χ4n) is 7.33. The van der Waals surface area contributed by atoms with Gasteiger partial charge >= 0.3 is 12.1 Å². The molecule has 0 aromatic heterocycles. The highest BCUT2D eigenvalue weighted by Gasteiger charge is 2.36. The zero-order chi connectivity index (χ0) is 33.8. The summed E-state index contributed by atoms with van der Waals surface area (Å²) in [7, 11) is 2.16. The van der Waals surface area contributed by atoms with Crippen LogP contribution in [-0.2, 0) is 28.9 Å². The molecule has 2 aromatic rings. The Balaban J connectivity index is 1.10. The average molecular weight is 681 g/mol. The minimum absolute atomic E-state index is 0.00474.